The highest BCUT2D eigenvalue weighted by Crippen LogP contribution is 2.33. The van der Waals surface area contributed by atoms with Crippen LogP contribution in [-0.2, 0) is 0 Å². The number of aromatic nitrogens is 1. The zero-order chi connectivity index (χ0) is 12.5. The molecule has 0 saturated carbocycles. The van der Waals surface area contributed by atoms with Crippen molar-refractivity contribution in [2.75, 3.05) is 11.9 Å². The minimum atomic E-state index is 0.983. The molecule has 1 aromatic heterocycles. The van der Waals surface area contributed by atoms with Gasteiger partial charge < -0.3 is 5.32 Å². The fourth-order valence-corrected chi connectivity index (χ4v) is 3.25. The molecule has 3 aromatic rings. The van der Waals surface area contributed by atoms with E-state index < -0.39 is 0 Å². The Morgan fingerprint density at radius 1 is 1.22 bits per heavy atom. The van der Waals surface area contributed by atoms with Crippen molar-refractivity contribution in [3.63, 3.8) is 0 Å². The standard InChI is InChI=1S/C15H16N2S/c1-3-8-16-15-17-14-12-7-5-4-6-11(12)10(2)9-13(14)18-15/h4-7,9H,3,8H2,1-2H3,(H,16,17). The minimum Gasteiger partial charge on any atom is -0.361 e. The summed E-state index contributed by atoms with van der Waals surface area (Å²) in [5, 5.41) is 6.97. The fourth-order valence-electron chi connectivity index (χ4n) is 2.24. The molecular formula is C15H16N2S. The van der Waals surface area contributed by atoms with Crippen LogP contribution in [0.15, 0.2) is 30.3 Å². The normalized spacial score (nSPS) is 11.2. The van der Waals surface area contributed by atoms with Gasteiger partial charge in [-0.15, -0.1) is 0 Å². The Hall–Kier alpha value is -1.61. The van der Waals surface area contributed by atoms with Crippen molar-refractivity contribution < 1.29 is 0 Å². The molecule has 0 saturated heterocycles. The molecule has 0 spiro atoms. The number of nitrogens with zero attached hydrogens (tertiary/aromatic N) is 1. The molecule has 3 rings (SSSR count). The van der Waals surface area contributed by atoms with Gasteiger partial charge in [-0.2, -0.15) is 0 Å². The average Bonchev–Trinajstić information content (AvgIpc) is 2.80. The van der Waals surface area contributed by atoms with E-state index in [2.05, 4.69) is 49.5 Å². The Bertz CT molecular complexity index is 700. The van der Waals surface area contributed by atoms with Crippen molar-refractivity contribution in [3.8, 4) is 0 Å². The molecular weight excluding hydrogens is 240 g/mol. The zero-order valence-electron chi connectivity index (χ0n) is 10.7. The van der Waals surface area contributed by atoms with E-state index >= 15 is 0 Å². The summed E-state index contributed by atoms with van der Waals surface area (Å²) in [6, 6.07) is 10.7. The first-order chi connectivity index (χ1) is 8.79. The number of thiazole rings is 1. The first kappa shape index (κ1) is 11.5. The van der Waals surface area contributed by atoms with Crippen LogP contribution < -0.4 is 5.32 Å². The van der Waals surface area contributed by atoms with Gasteiger partial charge in [-0.3, -0.25) is 0 Å². The van der Waals surface area contributed by atoms with E-state index in [1.54, 1.807) is 11.3 Å². The lowest BCUT2D eigenvalue weighted by atomic mass is 10.0. The molecule has 18 heavy (non-hydrogen) atoms. The highest BCUT2D eigenvalue weighted by atomic mass is 32.1. The van der Waals surface area contributed by atoms with Crippen LogP contribution in [0.2, 0.25) is 0 Å². The molecule has 0 aliphatic carbocycles. The van der Waals surface area contributed by atoms with E-state index in [0.29, 0.717) is 0 Å². The minimum absolute atomic E-state index is 0.983. The molecule has 0 aliphatic rings. The number of rotatable bonds is 3. The summed E-state index contributed by atoms with van der Waals surface area (Å²) < 4.78 is 1.27. The van der Waals surface area contributed by atoms with Crippen LogP contribution in [0.3, 0.4) is 0 Å². The van der Waals surface area contributed by atoms with Gasteiger partial charge in [0.05, 0.1) is 10.2 Å². The number of fused-ring (bicyclic) bond motifs is 3. The number of benzene rings is 2. The lowest BCUT2D eigenvalue weighted by Crippen LogP contribution is -1.98. The second kappa shape index (κ2) is 4.58. The van der Waals surface area contributed by atoms with Gasteiger partial charge in [-0.25, -0.2) is 4.98 Å². The Kier molecular flexibility index (Phi) is 2.92. The maximum Gasteiger partial charge on any atom is 0.183 e. The van der Waals surface area contributed by atoms with Gasteiger partial charge in [0.2, 0.25) is 0 Å². The largest absolute Gasteiger partial charge is 0.361 e. The van der Waals surface area contributed by atoms with Gasteiger partial charge in [0, 0.05) is 11.9 Å². The Balaban J connectivity index is 2.23. The molecule has 1 heterocycles. The second-order valence-electron chi connectivity index (χ2n) is 4.53. The molecule has 0 radical (unpaired) electrons. The van der Waals surface area contributed by atoms with Crippen LogP contribution in [0.1, 0.15) is 18.9 Å². The lowest BCUT2D eigenvalue weighted by Gasteiger charge is -2.01. The third kappa shape index (κ3) is 1.85. The van der Waals surface area contributed by atoms with Gasteiger partial charge in [0.15, 0.2) is 5.13 Å². The predicted octanol–water partition coefficient (Wildman–Crippen LogP) is 4.58. The molecule has 2 nitrogen and oxygen atoms in total. The Morgan fingerprint density at radius 2 is 2.00 bits per heavy atom. The van der Waals surface area contributed by atoms with Gasteiger partial charge in [-0.1, -0.05) is 42.5 Å². The summed E-state index contributed by atoms with van der Waals surface area (Å²) in [4.78, 5) is 4.73. The molecule has 0 bridgehead atoms. The molecule has 0 unspecified atom stereocenters. The van der Waals surface area contributed by atoms with Crippen LogP contribution >= 0.6 is 11.3 Å². The summed E-state index contributed by atoms with van der Waals surface area (Å²) >= 11 is 1.74. The first-order valence-electron chi connectivity index (χ1n) is 6.32. The third-order valence-corrected chi connectivity index (χ3v) is 4.09. The Morgan fingerprint density at radius 3 is 2.78 bits per heavy atom. The van der Waals surface area contributed by atoms with Crippen LogP contribution in [0.4, 0.5) is 5.13 Å². The van der Waals surface area contributed by atoms with Gasteiger partial charge in [0.25, 0.3) is 0 Å². The van der Waals surface area contributed by atoms with Crippen LogP contribution in [0, 0.1) is 6.92 Å². The van der Waals surface area contributed by atoms with Crippen molar-refractivity contribution in [1.29, 1.82) is 0 Å². The molecule has 92 valence electrons. The van der Waals surface area contributed by atoms with E-state index in [-0.39, 0.29) is 0 Å². The van der Waals surface area contributed by atoms with Gasteiger partial charge in [-0.05, 0) is 30.4 Å². The summed E-state index contributed by atoms with van der Waals surface area (Å²) in [5.74, 6) is 0. The van der Waals surface area contributed by atoms with Crippen molar-refractivity contribution >= 4 is 37.5 Å². The summed E-state index contributed by atoms with van der Waals surface area (Å²) in [6.45, 7) is 5.32. The van der Waals surface area contributed by atoms with E-state index in [4.69, 9.17) is 4.98 Å². The number of anilines is 1. The van der Waals surface area contributed by atoms with Crippen LogP contribution in [0.5, 0.6) is 0 Å². The highest BCUT2D eigenvalue weighted by molar-refractivity contribution is 7.22. The fraction of sp³-hybridized carbons (Fsp3) is 0.267. The Labute approximate surface area is 111 Å². The number of nitrogens with one attached hydrogen (secondary N) is 1. The first-order valence-corrected chi connectivity index (χ1v) is 7.14. The summed E-state index contributed by atoms with van der Waals surface area (Å²) in [7, 11) is 0. The quantitative estimate of drug-likeness (QED) is 0.742. The summed E-state index contributed by atoms with van der Waals surface area (Å²) in [5.41, 5.74) is 2.45. The second-order valence-corrected chi connectivity index (χ2v) is 5.56. The molecule has 1 N–H and O–H groups in total. The molecule has 2 aromatic carbocycles. The number of aryl methyl sites for hydroxylation is 1. The van der Waals surface area contributed by atoms with E-state index in [1.165, 1.54) is 21.0 Å². The zero-order valence-corrected chi connectivity index (χ0v) is 11.5. The molecule has 0 aliphatic heterocycles. The predicted molar refractivity (Wildman–Crippen MR) is 80.6 cm³/mol. The number of hydrogen-bond acceptors (Lipinski definition) is 3. The van der Waals surface area contributed by atoms with Crippen molar-refractivity contribution in [2.24, 2.45) is 0 Å². The van der Waals surface area contributed by atoms with Crippen molar-refractivity contribution in [1.82, 2.24) is 4.98 Å². The third-order valence-electron chi connectivity index (χ3n) is 3.13. The van der Waals surface area contributed by atoms with E-state index in [9.17, 15) is 0 Å². The van der Waals surface area contributed by atoms with Crippen molar-refractivity contribution in [3.05, 3.63) is 35.9 Å². The molecule has 3 heteroatoms. The summed E-state index contributed by atoms with van der Waals surface area (Å²) in [6.07, 6.45) is 1.12. The van der Waals surface area contributed by atoms with Crippen LogP contribution in [0.25, 0.3) is 21.0 Å². The van der Waals surface area contributed by atoms with Crippen molar-refractivity contribution in [2.45, 2.75) is 20.3 Å². The molecule has 0 fully saturated rings. The topological polar surface area (TPSA) is 24.9 Å². The highest BCUT2D eigenvalue weighted by Gasteiger charge is 2.08. The van der Waals surface area contributed by atoms with E-state index in [1.807, 2.05) is 0 Å². The number of hydrogen-bond donors (Lipinski definition) is 1. The lowest BCUT2D eigenvalue weighted by molar-refractivity contribution is 0.977. The average molecular weight is 256 g/mol. The van der Waals surface area contributed by atoms with Gasteiger partial charge in [0.1, 0.15) is 0 Å². The maximum atomic E-state index is 4.73. The van der Waals surface area contributed by atoms with Crippen LogP contribution in [-0.4, -0.2) is 11.5 Å². The maximum absolute atomic E-state index is 4.73. The van der Waals surface area contributed by atoms with Gasteiger partial charge >= 0.3 is 0 Å². The van der Waals surface area contributed by atoms with E-state index in [0.717, 1.165) is 23.6 Å². The molecule has 0 amide bonds. The SMILES string of the molecule is CCCNc1nc2c(cc(C)c3ccccc32)s1. The smallest absolute Gasteiger partial charge is 0.183 e. The molecule has 0 atom stereocenters. The monoisotopic (exact) mass is 256 g/mol.